The Balaban J connectivity index is 1.72. The first-order valence-electron chi connectivity index (χ1n) is 8.58. The van der Waals surface area contributed by atoms with Gasteiger partial charge in [0.15, 0.2) is 0 Å². The third-order valence-electron chi connectivity index (χ3n) is 4.72. The molecule has 8 heteroatoms. The molecule has 3 heterocycles. The third kappa shape index (κ3) is 3.28. The number of nitrogens with one attached hydrogen (secondary N) is 1. The molecule has 0 bridgehead atoms. The molecular formula is C18H19FN6O. The van der Waals surface area contributed by atoms with Crippen molar-refractivity contribution in [3.05, 3.63) is 36.7 Å². The minimum Gasteiger partial charge on any atom is -0.393 e. The van der Waals surface area contributed by atoms with E-state index < -0.39 is 5.95 Å². The summed E-state index contributed by atoms with van der Waals surface area (Å²) in [4.78, 5) is 16.7. The number of anilines is 2. The van der Waals surface area contributed by atoms with Crippen molar-refractivity contribution in [3.63, 3.8) is 0 Å². The minimum absolute atomic E-state index is 0.218. The summed E-state index contributed by atoms with van der Waals surface area (Å²) in [6, 6.07) is 3.26. The van der Waals surface area contributed by atoms with Crippen LogP contribution in [0.2, 0.25) is 0 Å². The van der Waals surface area contributed by atoms with Gasteiger partial charge < -0.3 is 16.2 Å². The first kappa shape index (κ1) is 16.6. The van der Waals surface area contributed by atoms with Crippen molar-refractivity contribution in [3.8, 4) is 11.1 Å². The summed E-state index contributed by atoms with van der Waals surface area (Å²) >= 11 is 0. The normalized spacial score (nSPS) is 20.2. The number of hydrogen-bond donors (Lipinski definition) is 3. The SMILES string of the molecule is Nc1ncc(-c2ccnc(F)c2)c2nc(N[C@H]3CC[C@H](O)CC3)ncc12. The Bertz CT molecular complexity index is 942. The summed E-state index contributed by atoms with van der Waals surface area (Å²) in [5.74, 6) is 0.242. The molecule has 0 aliphatic heterocycles. The number of aromatic nitrogens is 4. The van der Waals surface area contributed by atoms with Crippen LogP contribution in [-0.4, -0.2) is 37.2 Å². The highest BCUT2D eigenvalue weighted by atomic mass is 19.1. The number of rotatable bonds is 3. The van der Waals surface area contributed by atoms with Crippen LogP contribution in [0.4, 0.5) is 16.2 Å². The number of hydrogen-bond acceptors (Lipinski definition) is 7. The van der Waals surface area contributed by atoms with Crippen LogP contribution in [0.25, 0.3) is 22.0 Å². The zero-order valence-corrected chi connectivity index (χ0v) is 14.1. The van der Waals surface area contributed by atoms with E-state index in [1.54, 1.807) is 18.5 Å². The van der Waals surface area contributed by atoms with Crippen molar-refractivity contribution in [2.45, 2.75) is 37.8 Å². The zero-order chi connectivity index (χ0) is 18.1. The van der Waals surface area contributed by atoms with E-state index in [-0.39, 0.29) is 12.1 Å². The van der Waals surface area contributed by atoms with Gasteiger partial charge >= 0.3 is 0 Å². The van der Waals surface area contributed by atoms with Gasteiger partial charge in [0.05, 0.1) is 17.0 Å². The average molecular weight is 354 g/mol. The topological polar surface area (TPSA) is 110 Å². The summed E-state index contributed by atoms with van der Waals surface area (Å²) in [5.41, 5.74) is 7.86. The molecule has 26 heavy (non-hydrogen) atoms. The number of aliphatic hydroxyl groups excluding tert-OH is 1. The largest absolute Gasteiger partial charge is 0.393 e. The first-order valence-corrected chi connectivity index (χ1v) is 8.58. The first-order chi connectivity index (χ1) is 12.6. The minimum atomic E-state index is -0.569. The van der Waals surface area contributed by atoms with Gasteiger partial charge in [-0.3, -0.25) is 0 Å². The molecule has 0 amide bonds. The molecule has 4 rings (SSSR count). The lowest BCUT2D eigenvalue weighted by atomic mass is 9.93. The fourth-order valence-electron chi connectivity index (χ4n) is 3.29. The molecule has 1 saturated carbocycles. The summed E-state index contributed by atoms with van der Waals surface area (Å²) in [5, 5.41) is 13.6. The van der Waals surface area contributed by atoms with Gasteiger partial charge in [0.1, 0.15) is 5.82 Å². The second-order valence-corrected chi connectivity index (χ2v) is 6.53. The van der Waals surface area contributed by atoms with Gasteiger partial charge in [0.25, 0.3) is 0 Å². The monoisotopic (exact) mass is 354 g/mol. The summed E-state index contributed by atoms with van der Waals surface area (Å²) in [7, 11) is 0. The number of halogens is 1. The van der Waals surface area contributed by atoms with Gasteiger partial charge in [0, 0.05) is 36.3 Å². The molecule has 134 valence electrons. The van der Waals surface area contributed by atoms with Crippen LogP contribution < -0.4 is 11.1 Å². The van der Waals surface area contributed by atoms with Crippen LogP contribution in [-0.2, 0) is 0 Å². The van der Waals surface area contributed by atoms with Crippen molar-refractivity contribution >= 4 is 22.7 Å². The van der Waals surface area contributed by atoms with E-state index in [1.807, 2.05) is 0 Å². The fourth-order valence-corrected chi connectivity index (χ4v) is 3.29. The lowest BCUT2D eigenvalue weighted by Gasteiger charge is -2.26. The molecular weight excluding hydrogens is 335 g/mol. The number of nitrogens with zero attached hydrogens (tertiary/aromatic N) is 4. The van der Waals surface area contributed by atoms with Crippen LogP contribution in [0.3, 0.4) is 0 Å². The smallest absolute Gasteiger partial charge is 0.223 e. The second kappa shape index (κ2) is 6.80. The third-order valence-corrected chi connectivity index (χ3v) is 4.72. The van der Waals surface area contributed by atoms with Gasteiger partial charge in [-0.1, -0.05) is 0 Å². The lowest BCUT2D eigenvalue weighted by Crippen LogP contribution is -2.28. The number of pyridine rings is 2. The van der Waals surface area contributed by atoms with Gasteiger partial charge in [0.2, 0.25) is 11.9 Å². The maximum absolute atomic E-state index is 13.5. The summed E-state index contributed by atoms with van der Waals surface area (Å²) < 4.78 is 13.5. The highest BCUT2D eigenvalue weighted by Gasteiger charge is 2.20. The van der Waals surface area contributed by atoms with Gasteiger partial charge in [-0.15, -0.1) is 0 Å². The van der Waals surface area contributed by atoms with Crippen molar-refractivity contribution in [2.75, 3.05) is 11.1 Å². The fraction of sp³-hybridized carbons (Fsp3) is 0.333. The van der Waals surface area contributed by atoms with Gasteiger partial charge in [-0.2, -0.15) is 4.39 Å². The molecule has 3 aromatic heterocycles. The maximum Gasteiger partial charge on any atom is 0.223 e. The molecule has 0 saturated heterocycles. The quantitative estimate of drug-likeness (QED) is 0.620. The van der Waals surface area contributed by atoms with Crippen LogP contribution in [0.15, 0.2) is 30.7 Å². The molecule has 0 spiro atoms. The van der Waals surface area contributed by atoms with Crippen LogP contribution >= 0.6 is 0 Å². The van der Waals surface area contributed by atoms with E-state index in [2.05, 4.69) is 25.3 Å². The molecule has 1 aliphatic carbocycles. The summed E-state index contributed by atoms with van der Waals surface area (Å²) in [6.07, 6.45) is 7.66. The second-order valence-electron chi connectivity index (χ2n) is 6.53. The van der Waals surface area contributed by atoms with E-state index in [1.165, 1.54) is 12.3 Å². The molecule has 4 N–H and O–H groups in total. The number of fused-ring (bicyclic) bond motifs is 1. The van der Waals surface area contributed by atoms with Crippen molar-refractivity contribution in [1.29, 1.82) is 0 Å². The zero-order valence-electron chi connectivity index (χ0n) is 14.1. The molecule has 7 nitrogen and oxygen atoms in total. The highest BCUT2D eigenvalue weighted by molar-refractivity contribution is 5.98. The number of nitrogens with two attached hydrogens (primary N) is 1. The Morgan fingerprint density at radius 3 is 2.69 bits per heavy atom. The number of nitrogen functional groups attached to an aromatic ring is 1. The van der Waals surface area contributed by atoms with Crippen molar-refractivity contribution < 1.29 is 9.50 Å². The van der Waals surface area contributed by atoms with E-state index in [0.29, 0.717) is 33.8 Å². The Hall–Kier alpha value is -2.87. The average Bonchev–Trinajstić information content (AvgIpc) is 2.64. The predicted molar refractivity (Wildman–Crippen MR) is 96.8 cm³/mol. The molecule has 3 aromatic rings. The van der Waals surface area contributed by atoms with Crippen LogP contribution in [0.1, 0.15) is 25.7 Å². The molecule has 0 atom stereocenters. The molecule has 1 aliphatic rings. The Kier molecular flexibility index (Phi) is 4.34. The standard InChI is InChI=1S/C18H19FN6O/c19-15-7-10(5-6-21-15)13-8-22-17(20)14-9-23-18(25-16(13)14)24-11-1-3-12(26)4-2-11/h5-9,11-12,26H,1-4H2,(H2,20,22)(H,23,24,25)/t11-,12-. The van der Waals surface area contributed by atoms with E-state index in [9.17, 15) is 9.50 Å². The molecule has 0 radical (unpaired) electrons. The Labute approximate surface area is 149 Å². The Morgan fingerprint density at radius 2 is 1.92 bits per heavy atom. The Morgan fingerprint density at radius 1 is 1.12 bits per heavy atom. The molecule has 0 aromatic carbocycles. The highest BCUT2D eigenvalue weighted by Crippen LogP contribution is 2.30. The van der Waals surface area contributed by atoms with Crippen molar-refractivity contribution in [1.82, 2.24) is 19.9 Å². The van der Waals surface area contributed by atoms with Crippen molar-refractivity contribution in [2.24, 2.45) is 0 Å². The molecule has 0 unspecified atom stereocenters. The van der Waals surface area contributed by atoms with Crippen LogP contribution in [0, 0.1) is 5.95 Å². The summed E-state index contributed by atoms with van der Waals surface area (Å²) in [6.45, 7) is 0. The maximum atomic E-state index is 13.5. The van der Waals surface area contributed by atoms with E-state index in [4.69, 9.17) is 5.73 Å². The molecule has 1 fully saturated rings. The lowest BCUT2D eigenvalue weighted by molar-refractivity contribution is 0.126. The van der Waals surface area contributed by atoms with Gasteiger partial charge in [-0.05, 0) is 37.3 Å². The van der Waals surface area contributed by atoms with E-state index >= 15 is 0 Å². The van der Waals surface area contributed by atoms with E-state index in [0.717, 1.165) is 25.7 Å². The van der Waals surface area contributed by atoms with Crippen LogP contribution in [0.5, 0.6) is 0 Å². The predicted octanol–water partition coefficient (Wildman–Crippen LogP) is 2.52. The number of aliphatic hydroxyl groups is 1. The van der Waals surface area contributed by atoms with Gasteiger partial charge in [-0.25, -0.2) is 19.9 Å².